The molecule has 0 spiro atoms. The number of hydrogen-bond donors (Lipinski definition) is 3. The Morgan fingerprint density at radius 1 is 1.50 bits per heavy atom. The Hall–Kier alpha value is -1.87. The van der Waals surface area contributed by atoms with Crippen molar-refractivity contribution >= 4 is 39.5 Å². The summed E-state index contributed by atoms with van der Waals surface area (Å²) in [7, 11) is 0. The first-order chi connectivity index (χ1) is 9.38. The van der Waals surface area contributed by atoms with E-state index in [0.29, 0.717) is 0 Å². The van der Waals surface area contributed by atoms with Crippen molar-refractivity contribution in [3.05, 3.63) is 44.4 Å². The standard InChI is InChI=1S/C11H7BrFN3O3S/c12-8-4(10(18)19)1-2-5(9(8)13)20-11-15-6(14)3-7(17)16-11/h1-3H,(H,18,19)(H3,14,15,16,17). The number of rotatable bonds is 3. The number of nitrogens with zero attached hydrogens (tertiary/aromatic N) is 1. The zero-order valence-electron chi connectivity index (χ0n) is 9.68. The maximum Gasteiger partial charge on any atom is 0.336 e. The van der Waals surface area contributed by atoms with Gasteiger partial charge in [-0.15, -0.1) is 0 Å². The largest absolute Gasteiger partial charge is 0.478 e. The van der Waals surface area contributed by atoms with E-state index in [2.05, 4.69) is 25.9 Å². The minimum atomic E-state index is -1.25. The Kier molecular flexibility index (Phi) is 4.09. The summed E-state index contributed by atoms with van der Waals surface area (Å²) in [5, 5.41) is 8.98. The highest BCUT2D eigenvalue weighted by Gasteiger charge is 2.17. The molecule has 1 heterocycles. The van der Waals surface area contributed by atoms with Crippen LogP contribution in [-0.4, -0.2) is 21.0 Å². The third kappa shape index (κ3) is 2.99. The summed E-state index contributed by atoms with van der Waals surface area (Å²) >= 11 is 3.72. The lowest BCUT2D eigenvalue weighted by atomic mass is 10.2. The van der Waals surface area contributed by atoms with Crippen LogP contribution in [0.1, 0.15) is 10.4 Å². The van der Waals surface area contributed by atoms with Crippen LogP contribution in [0.4, 0.5) is 10.2 Å². The fourth-order valence-corrected chi connectivity index (χ4v) is 2.87. The predicted molar refractivity (Wildman–Crippen MR) is 74.5 cm³/mol. The first-order valence-corrected chi connectivity index (χ1v) is 6.75. The van der Waals surface area contributed by atoms with Crippen molar-refractivity contribution in [1.29, 1.82) is 0 Å². The SMILES string of the molecule is Nc1cc(=O)[nH]c(Sc2ccc(C(=O)O)c(Br)c2F)n1. The van der Waals surface area contributed by atoms with E-state index in [4.69, 9.17) is 10.8 Å². The normalized spacial score (nSPS) is 10.5. The topological polar surface area (TPSA) is 109 Å². The molecular weight excluding hydrogens is 353 g/mol. The fraction of sp³-hybridized carbons (Fsp3) is 0. The van der Waals surface area contributed by atoms with Crippen molar-refractivity contribution in [2.45, 2.75) is 10.1 Å². The monoisotopic (exact) mass is 359 g/mol. The summed E-state index contributed by atoms with van der Waals surface area (Å²) in [5.74, 6) is -1.99. The van der Waals surface area contributed by atoms with Crippen LogP contribution in [0.5, 0.6) is 0 Å². The molecule has 1 aromatic carbocycles. The average molecular weight is 360 g/mol. The van der Waals surface area contributed by atoms with Gasteiger partial charge in [0.1, 0.15) is 5.82 Å². The number of aromatic carboxylic acids is 1. The van der Waals surface area contributed by atoms with Crippen molar-refractivity contribution in [3.63, 3.8) is 0 Å². The van der Waals surface area contributed by atoms with E-state index in [1.54, 1.807) is 0 Å². The van der Waals surface area contributed by atoms with E-state index in [9.17, 15) is 14.0 Å². The molecule has 0 aliphatic heterocycles. The van der Waals surface area contributed by atoms with Gasteiger partial charge < -0.3 is 15.8 Å². The van der Waals surface area contributed by atoms with Crippen LogP contribution >= 0.6 is 27.7 Å². The van der Waals surface area contributed by atoms with Gasteiger partial charge in [-0.3, -0.25) is 4.79 Å². The van der Waals surface area contributed by atoms with Gasteiger partial charge in [0.2, 0.25) is 0 Å². The number of halogens is 2. The van der Waals surface area contributed by atoms with Crippen LogP contribution in [0.25, 0.3) is 0 Å². The molecule has 0 radical (unpaired) electrons. The third-order valence-electron chi connectivity index (χ3n) is 2.22. The Balaban J connectivity index is 2.42. The number of aromatic nitrogens is 2. The van der Waals surface area contributed by atoms with Gasteiger partial charge in [0.05, 0.1) is 14.9 Å². The van der Waals surface area contributed by atoms with E-state index in [-0.39, 0.29) is 25.9 Å². The van der Waals surface area contributed by atoms with Gasteiger partial charge in [-0.2, -0.15) is 0 Å². The molecule has 0 amide bonds. The zero-order chi connectivity index (χ0) is 14.9. The lowest BCUT2D eigenvalue weighted by Crippen LogP contribution is -2.09. The number of nitrogen functional groups attached to an aromatic ring is 1. The molecule has 6 nitrogen and oxygen atoms in total. The lowest BCUT2D eigenvalue weighted by Gasteiger charge is -2.06. The molecule has 0 aliphatic rings. The number of benzene rings is 1. The Labute approximate surface area is 124 Å². The Morgan fingerprint density at radius 2 is 2.20 bits per heavy atom. The highest BCUT2D eigenvalue weighted by atomic mass is 79.9. The number of nitrogens with two attached hydrogens (primary N) is 1. The molecular formula is C11H7BrFN3O3S. The molecule has 0 fully saturated rings. The summed E-state index contributed by atoms with van der Waals surface area (Å²) in [6.45, 7) is 0. The fourth-order valence-electron chi connectivity index (χ4n) is 1.38. The van der Waals surface area contributed by atoms with Gasteiger partial charge in [-0.25, -0.2) is 14.2 Å². The van der Waals surface area contributed by atoms with Gasteiger partial charge in [-0.1, -0.05) is 0 Å². The quantitative estimate of drug-likeness (QED) is 0.724. The van der Waals surface area contributed by atoms with Crippen molar-refractivity contribution in [3.8, 4) is 0 Å². The molecule has 0 atom stereocenters. The summed E-state index contributed by atoms with van der Waals surface area (Å²) in [6, 6.07) is 3.64. The number of nitrogens with one attached hydrogen (secondary N) is 1. The van der Waals surface area contributed by atoms with Crippen molar-refractivity contribution in [2.75, 3.05) is 5.73 Å². The van der Waals surface area contributed by atoms with Crippen LogP contribution in [-0.2, 0) is 0 Å². The first kappa shape index (κ1) is 14.5. The average Bonchev–Trinajstić information content (AvgIpc) is 2.33. The van der Waals surface area contributed by atoms with E-state index >= 15 is 0 Å². The highest BCUT2D eigenvalue weighted by Crippen LogP contribution is 2.32. The number of H-pyrrole nitrogens is 1. The summed E-state index contributed by atoms with van der Waals surface area (Å²) < 4.78 is 13.9. The number of hydrogen-bond acceptors (Lipinski definition) is 5. The summed E-state index contributed by atoms with van der Waals surface area (Å²) in [6.07, 6.45) is 0. The van der Waals surface area contributed by atoms with Crippen molar-refractivity contribution in [1.82, 2.24) is 9.97 Å². The molecule has 2 rings (SSSR count). The third-order valence-corrected chi connectivity index (χ3v) is 3.92. The number of aromatic amines is 1. The first-order valence-electron chi connectivity index (χ1n) is 5.14. The number of carboxylic acids is 1. The van der Waals surface area contributed by atoms with Gasteiger partial charge in [0, 0.05) is 6.07 Å². The smallest absolute Gasteiger partial charge is 0.336 e. The van der Waals surface area contributed by atoms with Gasteiger partial charge in [0.25, 0.3) is 5.56 Å². The van der Waals surface area contributed by atoms with E-state index in [0.717, 1.165) is 17.8 Å². The second kappa shape index (κ2) is 5.63. The molecule has 20 heavy (non-hydrogen) atoms. The number of carbonyl (C=O) groups is 1. The highest BCUT2D eigenvalue weighted by molar-refractivity contribution is 9.10. The van der Waals surface area contributed by atoms with Crippen molar-refractivity contribution in [2.24, 2.45) is 0 Å². The summed E-state index contributed by atoms with van der Waals surface area (Å²) in [5.41, 5.74) is 4.77. The van der Waals surface area contributed by atoms with E-state index in [1.807, 2.05) is 0 Å². The Morgan fingerprint density at radius 3 is 2.80 bits per heavy atom. The molecule has 0 unspecified atom stereocenters. The molecule has 2 aromatic rings. The molecule has 0 bridgehead atoms. The van der Waals surface area contributed by atoms with Gasteiger partial charge in [-0.05, 0) is 39.8 Å². The number of anilines is 1. The molecule has 0 aliphatic carbocycles. The second-order valence-electron chi connectivity index (χ2n) is 3.62. The van der Waals surface area contributed by atoms with Crippen LogP contribution < -0.4 is 11.3 Å². The van der Waals surface area contributed by atoms with E-state index in [1.165, 1.54) is 12.1 Å². The van der Waals surface area contributed by atoms with Crippen LogP contribution in [0.15, 0.2) is 37.5 Å². The number of carboxylic acid groups (broad SMARTS) is 1. The molecule has 1 aromatic heterocycles. The van der Waals surface area contributed by atoms with Gasteiger partial charge >= 0.3 is 5.97 Å². The van der Waals surface area contributed by atoms with Crippen LogP contribution in [0.3, 0.4) is 0 Å². The van der Waals surface area contributed by atoms with Gasteiger partial charge in [0.15, 0.2) is 11.0 Å². The zero-order valence-corrected chi connectivity index (χ0v) is 12.1. The minimum Gasteiger partial charge on any atom is -0.478 e. The molecule has 4 N–H and O–H groups in total. The molecule has 9 heteroatoms. The molecule has 104 valence electrons. The van der Waals surface area contributed by atoms with Crippen LogP contribution in [0.2, 0.25) is 0 Å². The maximum absolute atomic E-state index is 14.0. The second-order valence-corrected chi connectivity index (χ2v) is 5.45. The lowest BCUT2D eigenvalue weighted by molar-refractivity contribution is 0.0695. The minimum absolute atomic E-state index is 0.0119. The maximum atomic E-state index is 14.0. The predicted octanol–water partition coefficient (Wildman–Crippen LogP) is 2.10. The van der Waals surface area contributed by atoms with Crippen molar-refractivity contribution < 1.29 is 14.3 Å². The van der Waals surface area contributed by atoms with Crippen LogP contribution in [0, 0.1) is 5.82 Å². The Bertz CT molecular complexity index is 750. The molecule has 0 saturated carbocycles. The van der Waals surface area contributed by atoms with E-state index < -0.39 is 17.3 Å². The summed E-state index contributed by atoms with van der Waals surface area (Å²) in [4.78, 5) is 28.4. The molecule has 0 saturated heterocycles.